The first kappa shape index (κ1) is 68.7. The number of ether oxygens (including phenoxy) is 2. The standard InChI is InChI=1S/C76H76O14P4/c1-11-31-61(32-12-1)51-77-71-73(87-91(79-53-63-35-15-3-16-36-63)80-54-64-37-17-4-18-38-64)75(89-93(83-57-67-43-23-7-24-44-67)84-58-68-45-25-8-26-46-68)72(78-52-62-33-13-2-14-34-62)76(90-94(85-59-69-47-27-9-28-48-69)86-60-70-49-29-10-30-50-70)74(71)88-92(81-55-65-39-19-5-20-40-65)82-56-66-41-21-6-22-42-66/h1-50,71-76H,51-60H2/t71?,72?,73-,74+,75-,76+. The molecule has 1 aliphatic rings. The molecule has 0 saturated heterocycles. The van der Waals surface area contributed by atoms with E-state index in [0.29, 0.717) is 0 Å². The maximum absolute atomic E-state index is 7.61. The van der Waals surface area contributed by atoms with E-state index in [1.54, 1.807) is 0 Å². The first-order valence-electron chi connectivity index (χ1n) is 31.1. The van der Waals surface area contributed by atoms with Crippen molar-refractivity contribution in [2.75, 3.05) is 0 Å². The average molecular weight is 1340 g/mol. The number of rotatable bonds is 38. The van der Waals surface area contributed by atoms with Crippen LogP contribution in [0.3, 0.4) is 0 Å². The second-order valence-corrected chi connectivity index (χ2v) is 26.5. The van der Waals surface area contributed by atoms with Crippen molar-refractivity contribution in [3.05, 3.63) is 359 Å². The average Bonchev–Trinajstić information content (AvgIpc) is 0.795. The minimum atomic E-state index is -2.33. The van der Waals surface area contributed by atoms with Gasteiger partial charge in [0.1, 0.15) is 36.6 Å². The number of hydrogen-bond acceptors (Lipinski definition) is 14. The van der Waals surface area contributed by atoms with Gasteiger partial charge in [0, 0.05) is 0 Å². The third kappa shape index (κ3) is 22.8. The van der Waals surface area contributed by atoms with Crippen molar-refractivity contribution in [3.63, 3.8) is 0 Å². The van der Waals surface area contributed by atoms with Gasteiger partial charge in [0.2, 0.25) is 0 Å². The van der Waals surface area contributed by atoms with Crippen molar-refractivity contribution in [3.8, 4) is 0 Å². The maximum Gasteiger partial charge on any atom is 0.333 e. The zero-order valence-corrected chi connectivity index (χ0v) is 55.5. The zero-order valence-electron chi connectivity index (χ0n) is 51.9. The van der Waals surface area contributed by atoms with Gasteiger partial charge in [-0.25, -0.2) is 0 Å². The molecule has 0 heterocycles. The van der Waals surface area contributed by atoms with Crippen LogP contribution in [0, 0.1) is 0 Å². The molecule has 18 heteroatoms. The molecule has 2 unspecified atom stereocenters. The van der Waals surface area contributed by atoms with Gasteiger partial charge in [-0.3, -0.25) is 0 Å². The molecule has 1 fully saturated rings. The Labute approximate surface area is 556 Å². The summed E-state index contributed by atoms with van der Waals surface area (Å²) in [5, 5.41) is 0. The van der Waals surface area contributed by atoms with Crippen LogP contribution in [0.5, 0.6) is 0 Å². The third-order valence-electron chi connectivity index (χ3n) is 14.8. The molecule has 0 radical (unpaired) electrons. The Morgan fingerprint density at radius 3 is 0.426 bits per heavy atom. The van der Waals surface area contributed by atoms with Gasteiger partial charge in [0.25, 0.3) is 0 Å². The summed E-state index contributed by atoms with van der Waals surface area (Å²) >= 11 is 0. The van der Waals surface area contributed by atoms with Crippen LogP contribution in [0.2, 0.25) is 0 Å². The molecule has 1 aliphatic carbocycles. The van der Waals surface area contributed by atoms with E-state index in [1.165, 1.54) is 0 Å². The largest absolute Gasteiger partial charge is 0.368 e. The molecule has 0 bridgehead atoms. The fourth-order valence-electron chi connectivity index (χ4n) is 9.92. The lowest BCUT2D eigenvalue weighted by atomic mass is 9.84. The Bertz CT molecular complexity index is 3000. The molecule has 484 valence electrons. The van der Waals surface area contributed by atoms with Crippen molar-refractivity contribution >= 4 is 34.4 Å². The Morgan fingerprint density at radius 2 is 0.287 bits per heavy atom. The Balaban J connectivity index is 1.09. The highest BCUT2D eigenvalue weighted by molar-refractivity contribution is 7.42. The van der Waals surface area contributed by atoms with Crippen LogP contribution in [-0.4, -0.2) is 36.6 Å². The SMILES string of the molecule is c1ccc(COC2[C@@H](OP(OCc3ccccc3)OCc3ccccc3)[C@H](OP(OCc3ccccc3)OCc3ccccc3)C(OCc3ccccc3)[C@H](OP(OCc3ccccc3)OCc3ccccc3)[C@H]2OP(OCc2ccccc2)OCc2ccccc2)cc1. The predicted octanol–water partition coefficient (Wildman–Crippen LogP) is 19.4. The maximum atomic E-state index is 7.61. The first-order chi connectivity index (χ1) is 46.6. The Kier molecular flexibility index (Phi) is 28.4. The van der Waals surface area contributed by atoms with Crippen LogP contribution >= 0.6 is 34.4 Å². The predicted molar refractivity (Wildman–Crippen MR) is 367 cm³/mol. The van der Waals surface area contributed by atoms with Crippen LogP contribution in [0.4, 0.5) is 0 Å². The lowest BCUT2D eigenvalue weighted by Crippen LogP contribution is -2.66. The van der Waals surface area contributed by atoms with Crippen molar-refractivity contribution < 1.29 is 63.8 Å². The Hall–Kier alpha value is -6.64. The third-order valence-corrected chi connectivity index (χ3v) is 19.2. The summed E-state index contributed by atoms with van der Waals surface area (Å²) in [4.78, 5) is 0. The number of benzene rings is 10. The van der Waals surface area contributed by atoms with Crippen molar-refractivity contribution in [2.45, 2.75) is 103 Å². The quantitative estimate of drug-likeness (QED) is 0.0340. The fraction of sp³-hybridized carbons (Fsp3) is 0.211. The number of hydrogen-bond donors (Lipinski definition) is 0. The molecule has 10 aromatic rings. The molecular weight excluding hydrogens is 1260 g/mol. The van der Waals surface area contributed by atoms with Crippen molar-refractivity contribution in [2.24, 2.45) is 0 Å². The van der Waals surface area contributed by atoms with E-state index in [4.69, 9.17) is 63.8 Å². The van der Waals surface area contributed by atoms with Gasteiger partial charge < -0.3 is 63.8 Å². The van der Waals surface area contributed by atoms with E-state index in [2.05, 4.69) is 0 Å². The molecule has 0 aromatic heterocycles. The summed E-state index contributed by atoms with van der Waals surface area (Å²) in [6.07, 6.45) is -7.25. The molecule has 10 aromatic carbocycles. The second kappa shape index (κ2) is 38.8. The zero-order chi connectivity index (χ0) is 63.9. The summed E-state index contributed by atoms with van der Waals surface area (Å²) < 4.78 is 100. The van der Waals surface area contributed by atoms with Crippen LogP contribution in [0.25, 0.3) is 0 Å². The van der Waals surface area contributed by atoms with Gasteiger partial charge in [-0.1, -0.05) is 303 Å². The molecule has 6 atom stereocenters. The molecule has 0 amide bonds. The van der Waals surface area contributed by atoms with Crippen LogP contribution in [0.1, 0.15) is 55.6 Å². The lowest BCUT2D eigenvalue weighted by Gasteiger charge is -2.50. The molecule has 0 N–H and O–H groups in total. The van der Waals surface area contributed by atoms with Crippen molar-refractivity contribution in [1.82, 2.24) is 0 Å². The van der Waals surface area contributed by atoms with E-state index in [1.807, 2.05) is 303 Å². The second-order valence-electron chi connectivity index (χ2n) is 21.8. The van der Waals surface area contributed by atoms with Crippen LogP contribution in [0.15, 0.2) is 303 Å². The molecule has 0 spiro atoms. The van der Waals surface area contributed by atoms with Gasteiger partial charge in [-0.05, 0) is 55.6 Å². The molecule has 0 aliphatic heterocycles. The molecule has 11 rings (SSSR count). The highest BCUT2D eigenvalue weighted by atomic mass is 31.2. The normalized spacial score (nSPS) is 17.3. The highest BCUT2D eigenvalue weighted by Gasteiger charge is 2.59. The van der Waals surface area contributed by atoms with Crippen molar-refractivity contribution in [1.29, 1.82) is 0 Å². The summed E-state index contributed by atoms with van der Waals surface area (Å²) in [7, 11) is -9.32. The minimum absolute atomic E-state index is 0.0646. The summed E-state index contributed by atoms with van der Waals surface area (Å²) in [5.74, 6) is 0. The van der Waals surface area contributed by atoms with E-state index in [-0.39, 0.29) is 66.1 Å². The van der Waals surface area contributed by atoms with Crippen LogP contribution < -0.4 is 0 Å². The first-order valence-corrected chi connectivity index (χ1v) is 35.5. The molecule has 1 saturated carbocycles. The van der Waals surface area contributed by atoms with E-state index < -0.39 is 71.0 Å². The Morgan fingerprint density at radius 1 is 0.160 bits per heavy atom. The fourth-order valence-corrected chi connectivity index (χ4v) is 14.5. The summed E-state index contributed by atoms with van der Waals surface area (Å²) in [6, 6.07) is 98.9. The van der Waals surface area contributed by atoms with Gasteiger partial charge in [0.05, 0.1) is 66.1 Å². The topological polar surface area (TPSA) is 129 Å². The van der Waals surface area contributed by atoms with Gasteiger partial charge in [-0.15, -0.1) is 0 Å². The smallest absolute Gasteiger partial charge is 0.333 e. The highest BCUT2D eigenvalue weighted by Crippen LogP contribution is 2.56. The summed E-state index contributed by atoms with van der Waals surface area (Å²) in [5.41, 5.74) is 8.93. The van der Waals surface area contributed by atoms with E-state index in [9.17, 15) is 0 Å². The molecule has 94 heavy (non-hydrogen) atoms. The van der Waals surface area contributed by atoms with Crippen LogP contribution in [-0.2, 0) is 130 Å². The van der Waals surface area contributed by atoms with E-state index in [0.717, 1.165) is 55.6 Å². The van der Waals surface area contributed by atoms with Gasteiger partial charge in [0.15, 0.2) is 0 Å². The summed E-state index contributed by atoms with van der Waals surface area (Å²) in [6.45, 7) is 1.20. The van der Waals surface area contributed by atoms with Gasteiger partial charge in [-0.2, -0.15) is 0 Å². The molecular formula is C76H76O14P4. The van der Waals surface area contributed by atoms with Gasteiger partial charge >= 0.3 is 34.4 Å². The monoisotopic (exact) mass is 1340 g/mol. The molecule has 14 nitrogen and oxygen atoms in total. The van der Waals surface area contributed by atoms with E-state index >= 15 is 0 Å². The minimum Gasteiger partial charge on any atom is -0.368 e. The lowest BCUT2D eigenvalue weighted by molar-refractivity contribution is -0.234.